The van der Waals surface area contributed by atoms with E-state index < -0.39 is 0 Å². The van der Waals surface area contributed by atoms with Gasteiger partial charge in [-0.2, -0.15) is 0 Å². The number of ether oxygens (including phenoxy) is 2. The summed E-state index contributed by atoms with van der Waals surface area (Å²) in [5.41, 5.74) is 8.99. The molecular formula is C17H25NO2. The van der Waals surface area contributed by atoms with Crippen LogP contribution in [-0.4, -0.2) is 19.8 Å². The van der Waals surface area contributed by atoms with Gasteiger partial charge in [-0.15, -0.1) is 0 Å². The van der Waals surface area contributed by atoms with Crippen LogP contribution in [0, 0.1) is 6.92 Å². The molecule has 3 heteroatoms. The second-order valence-corrected chi connectivity index (χ2v) is 6.21. The van der Waals surface area contributed by atoms with Crippen molar-refractivity contribution < 1.29 is 9.47 Å². The lowest BCUT2D eigenvalue weighted by molar-refractivity contribution is 0.292. The van der Waals surface area contributed by atoms with Gasteiger partial charge in [0.2, 0.25) is 0 Å². The molecule has 1 heterocycles. The topological polar surface area (TPSA) is 44.5 Å². The van der Waals surface area contributed by atoms with Crippen molar-refractivity contribution in [3.8, 4) is 11.5 Å². The predicted molar refractivity (Wildman–Crippen MR) is 80.6 cm³/mol. The van der Waals surface area contributed by atoms with Crippen LogP contribution in [0.5, 0.6) is 11.5 Å². The van der Waals surface area contributed by atoms with E-state index in [0.29, 0.717) is 0 Å². The Morgan fingerprint density at radius 3 is 2.30 bits per heavy atom. The van der Waals surface area contributed by atoms with Crippen molar-refractivity contribution in [2.75, 3.05) is 19.8 Å². The van der Waals surface area contributed by atoms with Crippen molar-refractivity contribution in [1.82, 2.24) is 0 Å². The number of aryl methyl sites for hydroxylation is 1. The van der Waals surface area contributed by atoms with Gasteiger partial charge in [0.15, 0.2) is 11.5 Å². The first-order chi connectivity index (χ1) is 9.75. The largest absolute Gasteiger partial charge is 0.490 e. The van der Waals surface area contributed by atoms with Gasteiger partial charge in [0, 0.05) is 18.4 Å². The van der Waals surface area contributed by atoms with Crippen LogP contribution in [0.2, 0.25) is 0 Å². The number of hydrogen-bond acceptors (Lipinski definition) is 3. The smallest absolute Gasteiger partial charge is 0.161 e. The van der Waals surface area contributed by atoms with Gasteiger partial charge in [0.05, 0.1) is 13.2 Å². The standard InChI is InChI=1S/C17H25NO2/c1-13-10-15-16(20-9-5-8-19-15)11-14(13)17(12-18)6-3-2-4-7-17/h10-11H,2-9,12,18H2,1H3. The lowest BCUT2D eigenvalue weighted by atomic mass is 9.68. The number of hydrogen-bond donors (Lipinski definition) is 1. The first-order valence-corrected chi connectivity index (χ1v) is 7.86. The molecular weight excluding hydrogens is 250 g/mol. The van der Waals surface area contributed by atoms with Gasteiger partial charge in [0.1, 0.15) is 0 Å². The third kappa shape index (κ3) is 2.39. The molecule has 0 bridgehead atoms. The number of benzene rings is 1. The Bertz CT molecular complexity index is 478. The normalized spacial score (nSPS) is 21.3. The minimum absolute atomic E-state index is 0.146. The van der Waals surface area contributed by atoms with Gasteiger partial charge in [-0.1, -0.05) is 19.3 Å². The zero-order valence-electron chi connectivity index (χ0n) is 12.4. The van der Waals surface area contributed by atoms with E-state index in [4.69, 9.17) is 15.2 Å². The molecule has 0 radical (unpaired) electrons. The van der Waals surface area contributed by atoms with Gasteiger partial charge >= 0.3 is 0 Å². The van der Waals surface area contributed by atoms with Crippen molar-refractivity contribution in [3.05, 3.63) is 23.3 Å². The third-order valence-corrected chi connectivity index (χ3v) is 4.87. The molecule has 1 saturated carbocycles. The minimum Gasteiger partial charge on any atom is -0.490 e. The fraction of sp³-hybridized carbons (Fsp3) is 0.647. The Kier molecular flexibility index (Phi) is 3.88. The molecule has 0 unspecified atom stereocenters. The molecule has 1 aliphatic carbocycles. The second kappa shape index (κ2) is 5.65. The average molecular weight is 275 g/mol. The number of nitrogens with two attached hydrogens (primary N) is 1. The maximum Gasteiger partial charge on any atom is 0.161 e. The van der Waals surface area contributed by atoms with E-state index >= 15 is 0 Å². The highest BCUT2D eigenvalue weighted by Crippen LogP contribution is 2.44. The van der Waals surface area contributed by atoms with E-state index in [9.17, 15) is 0 Å². The Morgan fingerprint density at radius 1 is 1.00 bits per heavy atom. The number of fused-ring (bicyclic) bond motifs is 1. The summed E-state index contributed by atoms with van der Waals surface area (Å²) >= 11 is 0. The van der Waals surface area contributed by atoms with Gasteiger partial charge in [-0.3, -0.25) is 0 Å². The average Bonchev–Trinajstić information content (AvgIpc) is 2.72. The van der Waals surface area contributed by atoms with E-state index in [1.54, 1.807) is 0 Å². The molecule has 0 spiro atoms. The van der Waals surface area contributed by atoms with Gasteiger partial charge in [-0.05, 0) is 43.0 Å². The van der Waals surface area contributed by atoms with E-state index in [-0.39, 0.29) is 5.41 Å². The summed E-state index contributed by atoms with van der Waals surface area (Å²) in [6, 6.07) is 4.34. The van der Waals surface area contributed by atoms with Crippen molar-refractivity contribution in [1.29, 1.82) is 0 Å². The van der Waals surface area contributed by atoms with Crippen molar-refractivity contribution >= 4 is 0 Å². The Hall–Kier alpha value is -1.22. The molecule has 110 valence electrons. The lowest BCUT2D eigenvalue weighted by Crippen LogP contribution is -2.37. The maximum atomic E-state index is 6.17. The van der Waals surface area contributed by atoms with Crippen LogP contribution in [-0.2, 0) is 5.41 Å². The molecule has 0 aromatic heterocycles. The molecule has 0 amide bonds. The summed E-state index contributed by atoms with van der Waals surface area (Å²) in [6.45, 7) is 4.39. The fourth-order valence-corrected chi connectivity index (χ4v) is 3.69. The highest BCUT2D eigenvalue weighted by molar-refractivity contribution is 5.50. The van der Waals surface area contributed by atoms with Crippen LogP contribution >= 0.6 is 0 Å². The molecule has 2 N–H and O–H groups in total. The molecule has 1 aliphatic heterocycles. The van der Waals surface area contributed by atoms with Crippen LogP contribution in [0.3, 0.4) is 0 Å². The zero-order valence-corrected chi connectivity index (χ0v) is 12.4. The monoisotopic (exact) mass is 275 g/mol. The summed E-state index contributed by atoms with van der Waals surface area (Å²) in [6.07, 6.45) is 7.25. The van der Waals surface area contributed by atoms with E-state index in [0.717, 1.165) is 37.7 Å². The summed E-state index contributed by atoms with van der Waals surface area (Å²) in [4.78, 5) is 0. The Labute approximate surface area is 121 Å². The van der Waals surface area contributed by atoms with E-state index in [1.165, 1.54) is 43.2 Å². The fourth-order valence-electron chi connectivity index (χ4n) is 3.69. The highest BCUT2D eigenvalue weighted by Gasteiger charge is 2.34. The SMILES string of the molecule is Cc1cc2c(cc1C1(CN)CCCCC1)OCCCO2. The van der Waals surface area contributed by atoms with Gasteiger partial charge in [0.25, 0.3) is 0 Å². The van der Waals surface area contributed by atoms with Crippen LogP contribution in [0.15, 0.2) is 12.1 Å². The minimum atomic E-state index is 0.146. The van der Waals surface area contributed by atoms with E-state index in [2.05, 4.69) is 19.1 Å². The molecule has 3 nitrogen and oxygen atoms in total. The summed E-state index contributed by atoms with van der Waals surface area (Å²) in [5, 5.41) is 0. The highest BCUT2D eigenvalue weighted by atomic mass is 16.5. The maximum absolute atomic E-state index is 6.17. The quantitative estimate of drug-likeness (QED) is 0.900. The van der Waals surface area contributed by atoms with Crippen LogP contribution in [0.1, 0.15) is 49.7 Å². The molecule has 1 aromatic rings. The van der Waals surface area contributed by atoms with Crippen molar-refractivity contribution in [2.24, 2.45) is 5.73 Å². The molecule has 20 heavy (non-hydrogen) atoms. The number of rotatable bonds is 2. The van der Waals surface area contributed by atoms with Crippen LogP contribution in [0.4, 0.5) is 0 Å². The molecule has 1 fully saturated rings. The van der Waals surface area contributed by atoms with Crippen LogP contribution < -0.4 is 15.2 Å². The van der Waals surface area contributed by atoms with Gasteiger partial charge < -0.3 is 15.2 Å². The summed E-state index contributed by atoms with van der Waals surface area (Å²) < 4.78 is 11.6. The molecule has 0 saturated heterocycles. The second-order valence-electron chi connectivity index (χ2n) is 6.21. The molecule has 3 rings (SSSR count). The third-order valence-electron chi connectivity index (χ3n) is 4.87. The Morgan fingerprint density at radius 2 is 1.65 bits per heavy atom. The predicted octanol–water partition coefficient (Wildman–Crippen LogP) is 3.32. The molecule has 0 atom stereocenters. The van der Waals surface area contributed by atoms with E-state index in [1.807, 2.05) is 0 Å². The molecule has 2 aliphatic rings. The first-order valence-electron chi connectivity index (χ1n) is 7.86. The molecule has 1 aromatic carbocycles. The van der Waals surface area contributed by atoms with Crippen molar-refractivity contribution in [2.45, 2.75) is 50.9 Å². The summed E-state index contributed by atoms with van der Waals surface area (Å²) in [5.74, 6) is 1.80. The van der Waals surface area contributed by atoms with Gasteiger partial charge in [-0.25, -0.2) is 0 Å². The first kappa shape index (κ1) is 13.7. The van der Waals surface area contributed by atoms with Crippen molar-refractivity contribution in [3.63, 3.8) is 0 Å². The lowest BCUT2D eigenvalue weighted by Gasteiger charge is -2.38. The summed E-state index contributed by atoms with van der Waals surface area (Å²) in [7, 11) is 0. The van der Waals surface area contributed by atoms with Crippen LogP contribution in [0.25, 0.3) is 0 Å². The Balaban J connectivity index is 2.02. The zero-order chi connectivity index (χ0) is 14.0.